The Morgan fingerprint density at radius 1 is 1.04 bits per heavy atom. The molecule has 0 aromatic heterocycles. The van der Waals surface area contributed by atoms with Gasteiger partial charge in [0.05, 0.1) is 4.90 Å². The number of sulfonamides is 1. The summed E-state index contributed by atoms with van der Waals surface area (Å²) in [7, 11) is -3.49. The van der Waals surface area contributed by atoms with Crippen molar-refractivity contribution in [2.75, 3.05) is 24.1 Å². The van der Waals surface area contributed by atoms with Gasteiger partial charge in [-0.2, -0.15) is 4.31 Å². The van der Waals surface area contributed by atoms with Crippen LogP contribution in [0.15, 0.2) is 47.4 Å². The third-order valence-corrected chi connectivity index (χ3v) is 6.48. The highest BCUT2D eigenvalue weighted by atomic mass is 32.2. The van der Waals surface area contributed by atoms with Crippen molar-refractivity contribution >= 4 is 27.3 Å². The second-order valence-corrected chi connectivity index (χ2v) is 8.46. The van der Waals surface area contributed by atoms with Crippen LogP contribution in [0.2, 0.25) is 0 Å². The fourth-order valence-corrected chi connectivity index (χ4v) is 4.57. The van der Waals surface area contributed by atoms with Crippen molar-refractivity contribution in [1.82, 2.24) is 4.31 Å². The van der Waals surface area contributed by atoms with Crippen molar-refractivity contribution in [1.29, 1.82) is 0 Å². The predicted molar refractivity (Wildman–Crippen MR) is 103 cm³/mol. The molecule has 2 aromatic rings. The van der Waals surface area contributed by atoms with Gasteiger partial charge in [0.25, 0.3) is 5.91 Å². The first-order valence-corrected chi connectivity index (χ1v) is 10.1. The van der Waals surface area contributed by atoms with E-state index < -0.39 is 10.0 Å². The lowest BCUT2D eigenvalue weighted by Gasteiger charge is -2.25. The number of anilines is 2. The van der Waals surface area contributed by atoms with Gasteiger partial charge in [-0.1, -0.05) is 6.42 Å². The topological polar surface area (TPSA) is 92.5 Å². The summed E-state index contributed by atoms with van der Waals surface area (Å²) >= 11 is 0. The third-order valence-electron chi connectivity index (χ3n) is 4.57. The van der Waals surface area contributed by atoms with Crippen LogP contribution in [0.1, 0.15) is 35.2 Å². The van der Waals surface area contributed by atoms with Gasteiger partial charge in [-0.3, -0.25) is 4.79 Å². The first-order valence-electron chi connectivity index (χ1n) is 8.65. The van der Waals surface area contributed by atoms with E-state index in [-0.39, 0.29) is 10.8 Å². The molecule has 3 N–H and O–H groups in total. The maximum absolute atomic E-state index is 12.6. The molecule has 1 amide bonds. The van der Waals surface area contributed by atoms with Crippen molar-refractivity contribution in [3.8, 4) is 0 Å². The zero-order chi connectivity index (χ0) is 18.7. The number of aryl methyl sites for hydroxylation is 1. The molecule has 1 aliphatic heterocycles. The van der Waals surface area contributed by atoms with Crippen molar-refractivity contribution < 1.29 is 13.2 Å². The van der Waals surface area contributed by atoms with E-state index in [1.165, 1.54) is 16.4 Å². The van der Waals surface area contributed by atoms with Crippen LogP contribution in [-0.4, -0.2) is 31.7 Å². The lowest BCUT2D eigenvalue weighted by atomic mass is 10.1. The Hall–Kier alpha value is -2.38. The normalized spacial score (nSPS) is 15.6. The number of nitrogen functional groups attached to an aromatic ring is 1. The van der Waals surface area contributed by atoms with Crippen LogP contribution >= 0.6 is 0 Å². The molecule has 0 aliphatic carbocycles. The largest absolute Gasteiger partial charge is 0.399 e. The Morgan fingerprint density at radius 3 is 2.31 bits per heavy atom. The van der Waals surface area contributed by atoms with Gasteiger partial charge in [0, 0.05) is 30.0 Å². The summed E-state index contributed by atoms with van der Waals surface area (Å²) in [6.07, 6.45) is 2.84. The molecule has 0 saturated carbocycles. The minimum atomic E-state index is -3.49. The van der Waals surface area contributed by atoms with Crippen LogP contribution in [0.4, 0.5) is 11.4 Å². The minimum Gasteiger partial charge on any atom is -0.399 e. The minimum absolute atomic E-state index is 0.222. The van der Waals surface area contributed by atoms with Gasteiger partial charge in [0.1, 0.15) is 0 Å². The molecule has 0 bridgehead atoms. The molecule has 3 rings (SSSR count). The van der Waals surface area contributed by atoms with Crippen LogP contribution in [-0.2, 0) is 10.0 Å². The van der Waals surface area contributed by atoms with Crippen molar-refractivity contribution in [2.45, 2.75) is 31.1 Å². The molecule has 1 aliphatic rings. The van der Waals surface area contributed by atoms with Crippen LogP contribution in [0.25, 0.3) is 0 Å². The number of carbonyl (C=O) groups excluding carboxylic acids is 1. The molecule has 1 heterocycles. The van der Waals surface area contributed by atoms with Gasteiger partial charge in [-0.05, 0) is 67.8 Å². The summed E-state index contributed by atoms with van der Waals surface area (Å²) in [4.78, 5) is 12.6. The van der Waals surface area contributed by atoms with Gasteiger partial charge in [0.2, 0.25) is 10.0 Å². The fraction of sp³-hybridized carbons (Fsp3) is 0.316. The van der Waals surface area contributed by atoms with E-state index in [1.807, 2.05) is 6.92 Å². The van der Waals surface area contributed by atoms with Crippen molar-refractivity contribution in [2.24, 2.45) is 0 Å². The highest BCUT2D eigenvalue weighted by Crippen LogP contribution is 2.22. The molecule has 0 radical (unpaired) electrons. The van der Waals surface area contributed by atoms with Gasteiger partial charge >= 0.3 is 0 Å². The first kappa shape index (κ1) is 18.4. The number of hydrogen-bond acceptors (Lipinski definition) is 4. The van der Waals surface area contributed by atoms with Crippen LogP contribution in [0.3, 0.4) is 0 Å². The lowest BCUT2D eigenvalue weighted by Crippen LogP contribution is -2.35. The molecular formula is C19H23N3O3S. The summed E-state index contributed by atoms with van der Waals surface area (Å²) in [6.45, 7) is 2.97. The van der Waals surface area contributed by atoms with Crippen LogP contribution < -0.4 is 11.1 Å². The van der Waals surface area contributed by atoms with Gasteiger partial charge in [-0.15, -0.1) is 0 Å². The van der Waals surface area contributed by atoms with Crippen molar-refractivity contribution in [3.05, 3.63) is 53.6 Å². The molecular weight excluding hydrogens is 350 g/mol. The molecule has 7 heteroatoms. The molecule has 2 aromatic carbocycles. The van der Waals surface area contributed by atoms with Crippen molar-refractivity contribution in [3.63, 3.8) is 0 Å². The summed E-state index contributed by atoms with van der Waals surface area (Å²) in [6, 6.07) is 11.3. The molecule has 26 heavy (non-hydrogen) atoms. The van der Waals surface area contributed by atoms with E-state index >= 15 is 0 Å². The fourth-order valence-electron chi connectivity index (χ4n) is 3.05. The number of benzene rings is 2. The third kappa shape index (κ3) is 3.89. The summed E-state index contributed by atoms with van der Waals surface area (Å²) in [5.41, 5.74) is 8.29. The number of piperidine rings is 1. The highest BCUT2D eigenvalue weighted by Gasteiger charge is 2.25. The Morgan fingerprint density at radius 2 is 1.69 bits per heavy atom. The number of nitrogens with two attached hydrogens (primary N) is 1. The Labute approximate surface area is 154 Å². The van der Waals surface area contributed by atoms with Gasteiger partial charge in [-0.25, -0.2) is 8.42 Å². The van der Waals surface area contributed by atoms with Gasteiger partial charge in [0.15, 0.2) is 0 Å². The number of hydrogen-bond donors (Lipinski definition) is 2. The number of nitrogens with one attached hydrogen (secondary N) is 1. The van der Waals surface area contributed by atoms with E-state index in [1.54, 1.807) is 30.3 Å². The molecule has 1 saturated heterocycles. The Bertz CT molecular complexity index is 902. The Balaban J connectivity index is 1.75. The number of amides is 1. The van der Waals surface area contributed by atoms with E-state index in [0.717, 1.165) is 24.8 Å². The maximum Gasteiger partial charge on any atom is 0.255 e. The smallest absolute Gasteiger partial charge is 0.255 e. The van der Waals surface area contributed by atoms with Gasteiger partial charge < -0.3 is 11.1 Å². The second kappa shape index (κ2) is 7.47. The summed E-state index contributed by atoms with van der Waals surface area (Å²) < 4.78 is 26.8. The lowest BCUT2D eigenvalue weighted by molar-refractivity contribution is 0.102. The van der Waals surface area contributed by atoms with E-state index in [0.29, 0.717) is 30.0 Å². The SMILES string of the molecule is Cc1cc(N)ccc1NC(=O)c1ccc(S(=O)(=O)N2CCCCC2)cc1. The quantitative estimate of drug-likeness (QED) is 0.806. The molecule has 1 fully saturated rings. The standard InChI is InChI=1S/C19H23N3O3S/c1-14-13-16(20)7-10-18(14)21-19(23)15-5-8-17(9-6-15)26(24,25)22-11-3-2-4-12-22/h5-10,13H,2-4,11-12,20H2,1H3,(H,21,23). The monoisotopic (exact) mass is 373 g/mol. The predicted octanol–water partition coefficient (Wildman–Crippen LogP) is 3.00. The summed E-state index contributed by atoms with van der Waals surface area (Å²) in [5.74, 6) is -0.292. The van der Waals surface area contributed by atoms with E-state index in [9.17, 15) is 13.2 Å². The molecule has 0 unspecified atom stereocenters. The zero-order valence-electron chi connectivity index (χ0n) is 14.7. The van der Waals surface area contributed by atoms with Crippen LogP contribution in [0.5, 0.6) is 0 Å². The highest BCUT2D eigenvalue weighted by molar-refractivity contribution is 7.89. The number of carbonyl (C=O) groups is 1. The van der Waals surface area contributed by atoms with E-state index in [4.69, 9.17) is 5.73 Å². The molecule has 0 spiro atoms. The molecule has 138 valence electrons. The van der Waals surface area contributed by atoms with E-state index in [2.05, 4.69) is 5.32 Å². The second-order valence-electron chi connectivity index (χ2n) is 6.52. The average Bonchev–Trinajstić information content (AvgIpc) is 2.65. The van der Waals surface area contributed by atoms with Crippen LogP contribution in [0, 0.1) is 6.92 Å². The maximum atomic E-state index is 12.6. The molecule has 0 atom stereocenters. The zero-order valence-corrected chi connectivity index (χ0v) is 15.6. The summed E-state index contributed by atoms with van der Waals surface area (Å²) in [5, 5.41) is 2.82. The number of rotatable bonds is 4. The average molecular weight is 373 g/mol. The Kier molecular flexibility index (Phi) is 5.29. The number of nitrogens with zero attached hydrogens (tertiary/aromatic N) is 1. The first-order chi connectivity index (χ1) is 12.4. The molecule has 6 nitrogen and oxygen atoms in total.